The Kier molecular flexibility index (Phi) is 38.1. The van der Waals surface area contributed by atoms with E-state index in [1.807, 2.05) is 0 Å². The monoisotopic (exact) mass is 867 g/mol. The van der Waals surface area contributed by atoms with Crippen molar-refractivity contribution in [3.05, 3.63) is 0 Å². The van der Waals surface area contributed by atoms with Crippen molar-refractivity contribution in [2.45, 2.75) is 276 Å². The third-order valence-corrected chi connectivity index (χ3v) is 12.8. The Morgan fingerprint density at radius 2 is 0.689 bits per heavy atom. The van der Waals surface area contributed by atoms with Crippen LogP contribution in [0.1, 0.15) is 240 Å². The second-order valence-corrected chi connectivity index (χ2v) is 19.2. The fourth-order valence-electron chi connectivity index (χ4n) is 9.05. The smallest absolute Gasteiger partial charge is 0.243 e. The summed E-state index contributed by atoms with van der Waals surface area (Å²) >= 11 is 0. The molecule has 0 radical (unpaired) electrons. The fourth-order valence-corrected chi connectivity index (χ4v) is 9.05. The largest absolute Gasteiger partial charge is 0.392 e. The summed E-state index contributed by atoms with van der Waals surface area (Å²) < 4.78 is 0. The first-order chi connectivity index (χ1) is 29.6. The molecule has 0 aromatic carbocycles. The van der Waals surface area contributed by atoms with Gasteiger partial charge in [-0.2, -0.15) is 0 Å². The van der Waals surface area contributed by atoms with Gasteiger partial charge in [0.25, 0.3) is 0 Å². The van der Waals surface area contributed by atoms with Crippen LogP contribution < -0.4 is 10.6 Å². The van der Waals surface area contributed by atoms with Gasteiger partial charge in [0, 0.05) is 26.2 Å². The van der Waals surface area contributed by atoms with Gasteiger partial charge in [0.05, 0.1) is 24.4 Å². The lowest BCUT2D eigenvalue weighted by Crippen LogP contribution is -2.61. The molecule has 0 unspecified atom stereocenters. The molecule has 6 N–H and O–H groups in total. The second-order valence-electron chi connectivity index (χ2n) is 19.2. The molecule has 2 amide bonds. The fraction of sp³-hybridized carbons (Fsp3) is 0.961. The van der Waals surface area contributed by atoms with E-state index in [-0.39, 0.29) is 11.8 Å². The molecule has 0 bridgehead atoms. The number of piperazine rings is 1. The van der Waals surface area contributed by atoms with Crippen molar-refractivity contribution < 1.29 is 30.0 Å². The first-order valence-electron chi connectivity index (χ1n) is 26.4. The van der Waals surface area contributed by atoms with Crippen molar-refractivity contribution in [3.63, 3.8) is 0 Å². The summed E-state index contributed by atoms with van der Waals surface area (Å²) in [6.45, 7) is 12.2. The van der Waals surface area contributed by atoms with Gasteiger partial charge in [-0.3, -0.25) is 19.4 Å². The van der Waals surface area contributed by atoms with Gasteiger partial charge in [-0.1, -0.05) is 175 Å². The molecule has 1 rings (SSSR count). The summed E-state index contributed by atoms with van der Waals surface area (Å²) in [6.07, 6.45) is 34.7. The number of unbranched alkanes of at least 4 members (excludes halogenated alkanes) is 23. The molecule has 1 heterocycles. The van der Waals surface area contributed by atoms with E-state index in [1.165, 1.54) is 116 Å². The van der Waals surface area contributed by atoms with Gasteiger partial charge in [-0.15, -0.1) is 0 Å². The van der Waals surface area contributed by atoms with Crippen LogP contribution in [0.3, 0.4) is 0 Å². The predicted octanol–water partition coefficient (Wildman–Crippen LogP) is 9.97. The Labute approximate surface area is 376 Å². The maximum absolute atomic E-state index is 13.1. The molecule has 362 valence electrons. The van der Waals surface area contributed by atoms with Crippen LogP contribution in [0.2, 0.25) is 0 Å². The molecule has 0 spiro atoms. The number of aliphatic hydroxyl groups excluding tert-OH is 4. The van der Waals surface area contributed by atoms with Crippen LogP contribution in [0.4, 0.5) is 0 Å². The van der Waals surface area contributed by atoms with E-state index < -0.39 is 36.5 Å². The van der Waals surface area contributed by atoms with Crippen molar-refractivity contribution in [3.8, 4) is 0 Å². The average molecular weight is 867 g/mol. The third-order valence-electron chi connectivity index (χ3n) is 12.8. The summed E-state index contributed by atoms with van der Waals surface area (Å²) in [5.74, 6) is -0.246. The molecule has 6 atom stereocenters. The van der Waals surface area contributed by atoms with E-state index in [0.717, 1.165) is 96.6 Å². The lowest BCUT2D eigenvalue weighted by atomic mass is 10.0. The molecular weight excluding hydrogens is 765 g/mol. The second kappa shape index (κ2) is 40.2. The topological polar surface area (TPSA) is 146 Å². The minimum absolute atomic E-state index is 0.122. The first-order valence-corrected chi connectivity index (χ1v) is 26.4. The highest BCUT2D eigenvalue weighted by Crippen LogP contribution is 2.17. The summed E-state index contributed by atoms with van der Waals surface area (Å²) in [5.41, 5.74) is 0. The maximum atomic E-state index is 13.1. The van der Waals surface area contributed by atoms with E-state index in [1.54, 1.807) is 6.92 Å². The third kappa shape index (κ3) is 33.8. The Bertz CT molecular complexity index is 976. The van der Waals surface area contributed by atoms with Crippen LogP contribution >= 0.6 is 0 Å². The van der Waals surface area contributed by atoms with Crippen LogP contribution in [-0.2, 0) is 9.59 Å². The summed E-state index contributed by atoms with van der Waals surface area (Å²) in [7, 11) is 0. The van der Waals surface area contributed by atoms with E-state index >= 15 is 0 Å². The molecule has 0 aromatic heterocycles. The van der Waals surface area contributed by atoms with Crippen molar-refractivity contribution in [2.75, 3.05) is 39.3 Å². The number of carbonyl (C=O) groups is 2. The van der Waals surface area contributed by atoms with Gasteiger partial charge in [-0.25, -0.2) is 0 Å². The molecule has 0 saturated carbocycles. The Morgan fingerprint density at radius 1 is 0.410 bits per heavy atom. The van der Waals surface area contributed by atoms with Crippen LogP contribution in [0.15, 0.2) is 0 Å². The highest BCUT2D eigenvalue weighted by Gasteiger charge is 2.33. The lowest BCUT2D eigenvalue weighted by Gasteiger charge is -2.31. The molecular formula is C51H102N4O6. The van der Waals surface area contributed by atoms with Crippen LogP contribution in [0.25, 0.3) is 0 Å². The van der Waals surface area contributed by atoms with Gasteiger partial charge in [0.1, 0.15) is 12.1 Å². The Hall–Kier alpha value is -1.30. The number of amides is 2. The lowest BCUT2D eigenvalue weighted by molar-refractivity contribution is -0.137. The number of hydrogen-bond donors (Lipinski definition) is 6. The summed E-state index contributed by atoms with van der Waals surface area (Å²) in [4.78, 5) is 30.5. The van der Waals surface area contributed by atoms with Crippen molar-refractivity contribution in [2.24, 2.45) is 0 Å². The van der Waals surface area contributed by atoms with E-state index in [4.69, 9.17) is 0 Å². The summed E-state index contributed by atoms with van der Waals surface area (Å²) in [5, 5.41) is 48.7. The van der Waals surface area contributed by atoms with Gasteiger partial charge in [-0.05, 0) is 77.8 Å². The van der Waals surface area contributed by atoms with E-state index in [2.05, 4.69) is 41.2 Å². The minimum Gasteiger partial charge on any atom is -0.392 e. The number of nitrogens with zero attached hydrogens (tertiary/aromatic N) is 2. The zero-order valence-corrected chi connectivity index (χ0v) is 40.5. The molecule has 10 nitrogen and oxygen atoms in total. The molecule has 1 saturated heterocycles. The van der Waals surface area contributed by atoms with Crippen molar-refractivity contribution in [1.82, 2.24) is 20.4 Å². The van der Waals surface area contributed by atoms with Gasteiger partial charge in [0.2, 0.25) is 11.8 Å². The van der Waals surface area contributed by atoms with E-state index in [9.17, 15) is 30.0 Å². The molecule has 10 heteroatoms. The number of hydrogen-bond acceptors (Lipinski definition) is 8. The number of carbonyl (C=O) groups excluding carboxylic acids is 2. The molecule has 1 fully saturated rings. The van der Waals surface area contributed by atoms with E-state index in [0.29, 0.717) is 39.0 Å². The summed E-state index contributed by atoms with van der Waals surface area (Å²) in [6, 6.07) is -1.08. The van der Waals surface area contributed by atoms with Crippen molar-refractivity contribution in [1.29, 1.82) is 0 Å². The molecule has 0 aliphatic carbocycles. The quantitative estimate of drug-likeness (QED) is 0.0332. The predicted molar refractivity (Wildman–Crippen MR) is 256 cm³/mol. The van der Waals surface area contributed by atoms with Gasteiger partial charge >= 0.3 is 0 Å². The molecule has 61 heavy (non-hydrogen) atoms. The number of aliphatic hydroxyl groups is 4. The molecule has 1 aliphatic heterocycles. The van der Waals surface area contributed by atoms with Crippen LogP contribution in [0.5, 0.6) is 0 Å². The number of rotatable bonds is 45. The maximum Gasteiger partial charge on any atom is 0.243 e. The minimum atomic E-state index is -0.540. The van der Waals surface area contributed by atoms with Gasteiger partial charge in [0.15, 0.2) is 0 Å². The zero-order chi connectivity index (χ0) is 44.8. The first kappa shape index (κ1) is 57.7. The Morgan fingerprint density at radius 3 is 0.984 bits per heavy atom. The van der Waals surface area contributed by atoms with Gasteiger partial charge < -0.3 is 31.1 Å². The highest BCUT2D eigenvalue weighted by atomic mass is 16.3. The van der Waals surface area contributed by atoms with Crippen LogP contribution in [0, 0.1) is 0 Å². The SMILES string of the molecule is CCCCCCCCCC[C@@H](O)CN(CCCC[C@@H]1NC(=O)[C@@H](CCCCN(C[C@H](O)CCCCCCCCCC)C[C@H](C)O)NC1=O)C[C@@H](O)CCCCCCCCCC. The average Bonchev–Trinajstić information content (AvgIpc) is 3.22. The van der Waals surface area contributed by atoms with Crippen LogP contribution in [-0.4, -0.2) is 118 Å². The zero-order valence-electron chi connectivity index (χ0n) is 40.5. The normalized spacial score (nSPS) is 17.8. The standard InChI is InChI=1S/C51H102N4O6/c1-5-8-11-14-17-20-23-26-33-45(57)41-54(40-44(4)56)38-31-29-36-48-50(60)53-49(51(61)52-48)37-30-32-39-55(42-46(58)34-27-24-21-18-15-12-9-6-2)43-47(59)35-28-25-22-19-16-13-10-7-3/h44-49,56-59H,5-43H2,1-4H3,(H,52,61)(H,53,60)/t44-,45+,46-,47+,48+,49-/m0/s1. The molecule has 1 aliphatic rings. The Balaban J connectivity index is 2.47. The molecule has 0 aromatic rings. The number of nitrogens with one attached hydrogen (secondary N) is 2. The highest BCUT2D eigenvalue weighted by molar-refractivity contribution is 5.96. The van der Waals surface area contributed by atoms with Crippen molar-refractivity contribution >= 4 is 11.8 Å².